The van der Waals surface area contributed by atoms with E-state index in [1.165, 1.54) is 6.07 Å². The van der Waals surface area contributed by atoms with Crippen molar-refractivity contribution in [3.63, 3.8) is 0 Å². The minimum absolute atomic E-state index is 0.0190. The predicted molar refractivity (Wildman–Crippen MR) is 75.4 cm³/mol. The van der Waals surface area contributed by atoms with E-state index < -0.39 is 0 Å². The Morgan fingerprint density at radius 3 is 2.67 bits per heavy atom. The van der Waals surface area contributed by atoms with Gasteiger partial charge in [0.1, 0.15) is 11.5 Å². The molecule has 0 N–H and O–H groups in total. The molecule has 0 saturated heterocycles. The molecule has 0 spiro atoms. The highest BCUT2D eigenvalue weighted by Crippen LogP contribution is 2.17. The average molecular weight is 312 g/mol. The lowest BCUT2D eigenvalue weighted by Gasteiger charge is -2.04. The maximum Gasteiger partial charge on any atom is 0.180 e. The molecule has 0 aliphatic carbocycles. The number of allylic oxidation sites excluding steroid dienone is 2. The van der Waals surface area contributed by atoms with Gasteiger partial charge in [0.25, 0.3) is 0 Å². The number of carbonyl (C=O) groups excluding carboxylic acids is 1. The Balaban J connectivity index is 3.09. The van der Waals surface area contributed by atoms with E-state index in [-0.39, 0.29) is 11.6 Å². The summed E-state index contributed by atoms with van der Waals surface area (Å²) in [4.78, 5) is 15.8. The van der Waals surface area contributed by atoms with Crippen LogP contribution in [0.2, 0.25) is 0 Å². The number of nitrogens with zero attached hydrogens (tertiary/aromatic N) is 1. The smallest absolute Gasteiger partial charge is 0.180 e. The van der Waals surface area contributed by atoms with Crippen molar-refractivity contribution in [2.45, 2.75) is 27.2 Å². The maximum atomic E-state index is 13.4. The number of carbonyl (C=O) groups is 1. The molecular formula is C14H15BrFNO. The van der Waals surface area contributed by atoms with Crippen LogP contribution < -0.4 is 0 Å². The highest BCUT2D eigenvalue weighted by molar-refractivity contribution is 9.10. The SMILES string of the molecule is C/C=C(\N=C(/C)c1ccc(Br)c(F)c1)C(=O)CC. The van der Waals surface area contributed by atoms with Crippen molar-refractivity contribution in [2.75, 3.05) is 0 Å². The van der Waals surface area contributed by atoms with Gasteiger partial charge in [-0.3, -0.25) is 4.79 Å². The molecule has 0 atom stereocenters. The predicted octanol–water partition coefficient (Wildman–Crippen LogP) is 4.28. The lowest BCUT2D eigenvalue weighted by molar-refractivity contribution is -0.115. The molecule has 2 nitrogen and oxygen atoms in total. The van der Waals surface area contributed by atoms with Crippen LogP contribution in [0.15, 0.2) is 39.4 Å². The van der Waals surface area contributed by atoms with Gasteiger partial charge in [-0.15, -0.1) is 0 Å². The number of hydrogen-bond donors (Lipinski definition) is 0. The number of benzene rings is 1. The summed E-state index contributed by atoms with van der Waals surface area (Å²) >= 11 is 3.10. The van der Waals surface area contributed by atoms with E-state index in [4.69, 9.17) is 0 Å². The Bertz CT molecular complexity index is 521. The lowest BCUT2D eigenvalue weighted by atomic mass is 10.1. The normalized spacial score (nSPS) is 12.7. The molecule has 0 unspecified atom stereocenters. The fourth-order valence-electron chi connectivity index (χ4n) is 1.44. The summed E-state index contributed by atoms with van der Waals surface area (Å²) < 4.78 is 13.8. The summed E-state index contributed by atoms with van der Waals surface area (Å²) in [6, 6.07) is 4.78. The minimum Gasteiger partial charge on any atom is -0.292 e. The topological polar surface area (TPSA) is 29.4 Å². The van der Waals surface area contributed by atoms with Crippen molar-refractivity contribution in [3.8, 4) is 0 Å². The molecular weight excluding hydrogens is 297 g/mol. The van der Waals surface area contributed by atoms with Crippen LogP contribution >= 0.6 is 15.9 Å². The van der Waals surface area contributed by atoms with Crippen LogP contribution in [0.5, 0.6) is 0 Å². The number of ketones is 1. The zero-order valence-electron chi connectivity index (χ0n) is 10.6. The van der Waals surface area contributed by atoms with Gasteiger partial charge < -0.3 is 0 Å². The second kappa shape index (κ2) is 6.59. The second-order valence-corrected chi connectivity index (χ2v) is 4.63. The average Bonchev–Trinajstić information content (AvgIpc) is 2.37. The molecule has 0 bridgehead atoms. The van der Waals surface area contributed by atoms with E-state index in [0.29, 0.717) is 27.9 Å². The highest BCUT2D eigenvalue weighted by atomic mass is 79.9. The van der Waals surface area contributed by atoms with Crippen molar-refractivity contribution in [2.24, 2.45) is 4.99 Å². The Kier molecular flexibility index (Phi) is 5.41. The summed E-state index contributed by atoms with van der Waals surface area (Å²) in [6.07, 6.45) is 2.08. The van der Waals surface area contributed by atoms with Crippen LogP contribution in [0.4, 0.5) is 4.39 Å². The number of aliphatic imine (C=N–C) groups is 1. The first-order valence-corrected chi connectivity index (χ1v) is 6.49. The van der Waals surface area contributed by atoms with E-state index in [0.717, 1.165) is 0 Å². The van der Waals surface area contributed by atoms with Crippen LogP contribution in [0.3, 0.4) is 0 Å². The van der Waals surface area contributed by atoms with Gasteiger partial charge in [-0.2, -0.15) is 0 Å². The van der Waals surface area contributed by atoms with Crippen molar-refractivity contribution in [1.82, 2.24) is 0 Å². The van der Waals surface area contributed by atoms with Crippen LogP contribution in [-0.2, 0) is 4.79 Å². The Hall–Kier alpha value is -1.29. The van der Waals surface area contributed by atoms with Crippen LogP contribution in [0.1, 0.15) is 32.8 Å². The van der Waals surface area contributed by atoms with Gasteiger partial charge in [-0.05, 0) is 47.5 Å². The van der Waals surface area contributed by atoms with Crippen molar-refractivity contribution < 1.29 is 9.18 Å². The van der Waals surface area contributed by atoms with Crippen molar-refractivity contribution in [1.29, 1.82) is 0 Å². The second-order valence-electron chi connectivity index (χ2n) is 3.78. The third kappa shape index (κ3) is 3.60. The van der Waals surface area contributed by atoms with Gasteiger partial charge in [0.15, 0.2) is 5.78 Å². The Labute approximate surface area is 115 Å². The van der Waals surface area contributed by atoms with E-state index >= 15 is 0 Å². The molecule has 0 radical (unpaired) electrons. The number of Topliss-reactive ketones (excluding diaryl/α,β-unsaturated/α-hetero) is 1. The summed E-state index contributed by atoms with van der Waals surface area (Å²) in [6.45, 7) is 5.31. The first kappa shape index (κ1) is 14.8. The molecule has 1 aromatic carbocycles. The third-order valence-corrected chi connectivity index (χ3v) is 3.15. The third-order valence-electron chi connectivity index (χ3n) is 2.51. The summed E-state index contributed by atoms with van der Waals surface area (Å²) in [5.74, 6) is -0.361. The number of rotatable bonds is 4. The first-order valence-electron chi connectivity index (χ1n) is 5.69. The van der Waals surface area contributed by atoms with Crippen molar-refractivity contribution >= 4 is 27.4 Å². The summed E-state index contributed by atoms with van der Waals surface area (Å²) in [5, 5.41) is 0. The van der Waals surface area contributed by atoms with E-state index in [9.17, 15) is 9.18 Å². The number of hydrogen-bond acceptors (Lipinski definition) is 2. The van der Waals surface area contributed by atoms with Crippen LogP contribution in [0.25, 0.3) is 0 Å². The molecule has 96 valence electrons. The molecule has 0 aliphatic heterocycles. The first-order chi connectivity index (χ1) is 8.49. The molecule has 0 amide bonds. The van der Waals surface area contributed by atoms with Gasteiger partial charge in [-0.25, -0.2) is 9.38 Å². The van der Waals surface area contributed by atoms with E-state index in [1.54, 1.807) is 39.0 Å². The monoisotopic (exact) mass is 311 g/mol. The van der Waals surface area contributed by atoms with Gasteiger partial charge in [-0.1, -0.05) is 19.1 Å². The quantitative estimate of drug-likeness (QED) is 0.603. The molecule has 0 heterocycles. The zero-order valence-corrected chi connectivity index (χ0v) is 12.2. The standard InChI is InChI=1S/C14H15BrFNO/c1-4-13(14(18)5-2)17-9(3)10-6-7-11(15)12(16)8-10/h4,6-8H,5H2,1-3H3/b13-4-,17-9+. The molecule has 4 heteroatoms. The fourth-order valence-corrected chi connectivity index (χ4v) is 1.68. The fraction of sp³-hybridized carbons (Fsp3) is 0.286. The molecule has 18 heavy (non-hydrogen) atoms. The van der Waals surface area contributed by atoms with E-state index in [2.05, 4.69) is 20.9 Å². The molecule has 1 aromatic rings. The summed E-state index contributed by atoms with van der Waals surface area (Å²) in [5.41, 5.74) is 1.70. The number of halogens is 2. The Morgan fingerprint density at radius 1 is 1.50 bits per heavy atom. The summed E-state index contributed by atoms with van der Waals surface area (Å²) in [7, 11) is 0. The highest BCUT2D eigenvalue weighted by Gasteiger charge is 2.07. The van der Waals surface area contributed by atoms with Crippen molar-refractivity contribution in [3.05, 3.63) is 45.8 Å². The molecule has 0 saturated carbocycles. The van der Waals surface area contributed by atoms with Gasteiger partial charge in [0, 0.05) is 12.1 Å². The Morgan fingerprint density at radius 2 is 2.17 bits per heavy atom. The maximum absolute atomic E-state index is 13.4. The lowest BCUT2D eigenvalue weighted by Crippen LogP contribution is -2.03. The molecule has 0 aliphatic rings. The van der Waals surface area contributed by atoms with Crippen LogP contribution in [-0.4, -0.2) is 11.5 Å². The van der Waals surface area contributed by atoms with Crippen LogP contribution in [0, 0.1) is 5.82 Å². The minimum atomic E-state index is -0.342. The molecule has 1 rings (SSSR count). The molecule has 0 aromatic heterocycles. The largest absolute Gasteiger partial charge is 0.292 e. The van der Waals surface area contributed by atoms with Gasteiger partial charge >= 0.3 is 0 Å². The zero-order chi connectivity index (χ0) is 13.7. The van der Waals surface area contributed by atoms with E-state index in [1.807, 2.05) is 0 Å². The van der Waals surface area contributed by atoms with Gasteiger partial charge in [0.05, 0.1) is 4.47 Å². The van der Waals surface area contributed by atoms with Gasteiger partial charge in [0.2, 0.25) is 0 Å². The molecule has 0 fully saturated rings.